The Balaban J connectivity index is 0.000000195. The van der Waals surface area contributed by atoms with Gasteiger partial charge in [-0.05, 0) is 284 Å². The molecule has 788 valence electrons. The molecule has 1 atom stereocenters. The zero-order valence-electron chi connectivity index (χ0n) is 87.4. The Labute approximate surface area is 816 Å². The second-order valence-electron chi connectivity index (χ2n) is 45.0. The second kappa shape index (κ2) is 56.9. The summed E-state index contributed by atoms with van der Waals surface area (Å²) in [5.41, 5.74) is 0.380. The van der Waals surface area contributed by atoms with Crippen molar-refractivity contribution in [3.8, 4) is 0 Å². The molecule has 0 spiro atoms. The van der Waals surface area contributed by atoms with E-state index in [-0.39, 0.29) is 122 Å². The lowest BCUT2D eigenvalue weighted by molar-refractivity contribution is -0.0527. The third-order valence-electron chi connectivity index (χ3n) is 30.8. The zero-order chi connectivity index (χ0) is 99.6. The number of hydrogen-bond donors (Lipinski definition) is 8. The number of rotatable bonds is 12. The molecule has 0 radical (unpaired) electrons. The van der Waals surface area contributed by atoms with Crippen LogP contribution in [0.15, 0.2) is 0 Å². The van der Waals surface area contributed by atoms with Crippen LogP contribution in [0.25, 0.3) is 0 Å². The van der Waals surface area contributed by atoms with Gasteiger partial charge in [0.2, 0.25) is 0 Å². The third kappa shape index (κ3) is 41.2. The normalized spacial score (nSPS) is 24.5. The Hall–Kier alpha value is -5.85. The largest absolute Gasteiger partial charge is 0.393 e. The number of halogens is 6. The molecule has 14 fully saturated rings. The van der Waals surface area contributed by atoms with Gasteiger partial charge in [-0.1, -0.05) is 6.92 Å². The lowest BCUT2D eigenvalue weighted by atomic mass is 9.98. The van der Waals surface area contributed by atoms with E-state index in [1.165, 1.54) is 29.1 Å². The van der Waals surface area contributed by atoms with Crippen molar-refractivity contribution >= 4 is 42.2 Å². The quantitative estimate of drug-likeness (QED) is 0.0844. The SMILES string of the molecule is CC(C)(C)N1CCC(NC(=O)N2CCC(F)(F)CC2)CC1.CC(C)(C)N1CCC(NC(=O)N2CCC(O)CC2)CC1.CC(C)N1CCC(NC(=O)N2CCC(F)CC2)CC1.CC(C)N1CCC(NC(=O)N2CCCC(F)(F)C2)CC1.CC(C)N1CCC(NC(=O)N2CCCC(F)C2)CC1.CC(C)N1CCC(NC(=O)N2CCCCC2)CC1.CC1CCN(C(=O)NC2CCN(C(C)C)CC2)CC1. The van der Waals surface area contributed by atoms with Crippen LogP contribution in [-0.2, 0) is 0 Å². The fourth-order valence-corrected chi connectivity index (χ4v) is 20.8. The number of hydrogen-bond acceptors (Lipinski definition) is 15. The van der Waals surface area contributed by atoms with Gasteiger partial charge < -0.3 is 101 Å². The van der Waals surface area contributed by atoms with E-state index in [1.54, 1.807) is 9.80 Å². The van der Waals surface area contributed by atoms with Gasteiger partial charge in [-0.2, -0.15) is 0 Å². The van der Waals surface area contributed by atoms with E-state index in [2.05, 4.69) is 189 Å². The molecule has 35 heteroatoms. The number of carbonyl (C=O) groups excluding carboxylic acids is 7. The maximum absolute atomic E-state index is 13.3. The lowest BCUT2D eigenvalue weighted by Crippen LogP contribution is -2.54. The molecular weight excluding hydrogens is 1750 g/mol. The molecule has 1 unspecified atom stereocenters. The molecule has 14 aliphatic heterocycles. The van der Waals surface area contributed by atoms with Crippen molar-refractivity contribution in [3.63, 3.8) is 0 Å². The zero-order valence-corrected chi connectivity index (χ0v) is 87.4. The topological polar surface area (TPSA) is 269 Å². The minimum Gasteiger partial charge on any atom is -0.393 e. The maximum atomic E-state index is 13.3. The summed E-state index contributed by atoms with van der Waals surface area (Å²) in [4.78, 5) is 114. The number of nitrogens with zero attached hydrogens (tertiary/aromatic N) is 14. The molecule has 14 saturated heterocycles. The van der Waals surface area contributed by atoms with Crippen molar-refractivity contribution in [2.24, 2.45) is 5.92 Å². The molecule has 14 aliphatic rings. The van der Waals surface area contributed by atoms with Crippen molar-refractivity contribution in [2.75, 3.05) is 183 Å². The molecule has 0 aliphatic carbocycles. The molecule has 0 saturated carbocycles. The van der Waals surface area contributed by atoms with Crippen LogP contribution in [0.5, 0.6) is 0 Å². The van der Waals surface area contributed by atoms with Gasteiger partial charge in [0.1, 0.15) is 12.3 Å². The number of piperidine rings is 14. The first-order chi connectivity index (χ1) is 64.2. The first-order valence-electron chi connectivity index (χ1n) is 53.6. The second-order valence-corrected chi connectivity index (χ2v) is 45.0. The Bertz CT molecular complexity index is 3360. The van der Waals surface area contributed by atoms with Gasteiger partial charge >= 0.3 is 42.2 Å². The molecule has 0 aromatic carbocycles. The van der Waals surface area contributed by atoms with Crippen molar-refractivity contribution in [3.05, 3.63) is 0 Å². The number of nitrogens with one attached hydrogen (secondary N) is 7. The fourth-order valence-electron chi connectivity index (χ4n) is 20.8. The summed E-state index contributed by atoms with van der Waals surface area (Å²) in [6.45, 7) is 59.7. The number of aliphatic hydroxyl groups is 1. The molecule has 0 bridgehead atoms. The number of alkyl halides is 6. The number of amides is 14. The molecule has 14 amide bonds. The van der Waals surface area contributed by atoms with Crippen LogP contribution in [0, 0.1) is 5.92 Å². The predicted molar refractivity (Wildman–Crippen MR) is 532 cm³/mol. The van der Waals surface area contributed by atoms with Crippen LogP contribution in [0.3, 0.4) is 0 Å². The standard InChI is InChI=1S/C15H27F2N3O.C15H29N3O2.C15H29N3O.C14H25F2N3O.2C14H26FN3O.C14H27N3O/c1-14(2,3)20-8-4-12(5-9-20)18-13(21)19-10-6-15(16,17)7-11-19;1-15(2,3)18-10-4-12(5-11-18)16-14(20)17-8-6-13(19)7-9-17;1-12(2)17-10-6-14(7-11-17)16-15(19)18-8-4-13(3)5-9-18;1-11(2)18-8-4-12(5-9-18)17-13(20)19-7-3-6-14(15,16)10-19;1-11(2)17-9-5-13(6-10-17)16-14(19)18-7-3-12(15)4-8-18;1-11(2)17-8-5-13(6-9-17)16-14(19)18-7-3-4-12(15)10-18;1-12(2)16-10-6-13(7-11-16)15-14(18)17-8-4-3-5-9-17/h12H,4-11H2,1-3H3,(H,18,21);12-13,19H,4-11H2,1-3H3,(H,16,20);12-14H,4-11H2,1-3H3,(H,16,19);11-12H,3-10H2,1-2H3,(H,17,20);2*11-13H,3-10H2,1-2H3,(H,16,19);12-13H,3-11H2,1-2H3,(H,15,18). The number of likely N-dealkylation sites (tertiary alicyclic amines) is 14. The van der Waals surface area contributed by atoms with Crippen LogP contribution >= 0.6 is 0 Å². The minimum atomic E-state index is -2.73. The fraction of sp³-hybridized carbons (Fsp3) is 0.931. The van der Waals surface area contributed by atoms with Gasteiger partial charge in [-0.3, -0.25) is 9.80 Å². The van der Waals surface area contributed by atoms with Crippen molar-refractivity contribution < 1.29 is 65.0 Å². The number of urea groups is 7. The first kappa shape index (κ1) is 115. The minimum absolute atomic E-state index is 0.00473. The summed E-state index contributed by atoms with van der Waals surface area (Å²) in [6, 6.07) is 4.60. The molecular formula is C101H189F6N21O8. The van der Waals surface area contributed by atoms with Gasteiger partial charge in [0.05, 0.1) is 19.2 Å². The molecule has 14 rings (SSSR count). The highest BCUT2D eigenvalue weighted by Gasteiger charge is 2.41. The summed E-state index contributed by atoms with van der Waals surface area (Å²) in [5.74, 6) is -4.55. The number of carbonyl (C=O) groups is 7. The Morgan fingerprint density at radius 3 is 0.809 bits per heavy atom. The third-order valence-corrected chi connectivity index (χ3v) is 30.8. The summed E-state index contributed by atoms with van der Waals surface area (Å²) >= 11 is 0. The first-order valence-corrected chi connectivity index (χ1v) is 53.6. The average Bonchev–Trinajstić information content (AvgIpc) is 0.847. The van der Waals surface area contributed by atoms with E-state index in [0.29, 0.717) is 126 Å². The van der Waals surface area contributed by atoms with Gasteiger partial charge in [0.15, 0.2) is 0 Å². The highest BCUT2D eigenvalue weighted by molar-refractivity contribution is 5.77. The molecule has 0 aromatic rings. The molecule has 8 N–H and O–H groups in total. The van der Waals surface area contributed by atoms with E-state index in [0.717, 1.165) is 233 Å². The van der Waals surface area contributed by atoms with Crippen molar-refractivity contribution in [2.45, 2.75) is 418 Å². The summed E-state index contributed by atoms with van der Waals surface area (Å²) < 4.78 is 79.1. The number of aliphatic hydroxyl groups excluding tert-OH is 1. The molecule has 0 aromatic heterocycles. The van der Waals surface area contributed by atoms with E-state index < -0.39 is 30.7 Å². The van der Waals surface area contributed by atoms with E-state index in [1.807, 2.05) is 14.7 Å². The van der Waals surface area contributed by atoms with Gasteiger partial charge in [0.25, 0.3) is 11.8 Å². The average molecular weight is 1940 g/mol. The van der Waals surface area contributed by atoms with Gasteiger partial charge in [-0.25, -0.2) is 59.9 Å². The monoisotopic (exact) mass is 1940 g/mol. The molecule has 14 heterocycles. The predicted octanol–water partition coefficient (Wildman–Crippen LogP) is 14.8. The molecule has 136 heavy (non-hydrogen) atoms. The van der Waals surface area contributed by atoms with Gasteiger partial charge in [0, 0.05) is 273 Å². The highest BCUT2D eigenvalue weighted by Crippen LogP contribution is 2.32. The van der Waals surface area contributed by atoms with E-state index in [9.17, 15) is 65.0 Å². The summed E-state index contributed by atoms with van der Waals surface area (Å²) in [7, 11) is 0. The lowest BCUT2D eigenvalue weighted by Gasteiger charge is -2.41. The van der Waals surface area contributed by atoms with Gasteiger partial charge in [-0.15, -0.1) is 0 Å². The van der Waals surface area contributed by atoms with Crippen LogP contribution in [0.4, 0.5) is 59.9 Å². The Morgan fingerprint density at radius 2 is 0.522 bits per heavy atom. The maximum Gasteiger partial charge on any atom is 0.317 e. The van der Waals surface area contributed by atoms with E-state index >= 15 is 0 Å². The Morgan fingerprint density at radius 1 is 0.272 bits per heavy atom. The summed E-state index contributed by atoms with van der Waals surface area (Å²) in [6.07, 6.45) is 21.8. The smallest absolute Gasteiger partial charge is 0.317 e. The Kier molecular flexibility index (Phi) is 48.2. The van der Waals surface area contributed by atoms with Crippen LogP contribution in [-0.4, -0.2) is 413 Å². The summed E-state index contributed by atoms with van der Waals surface area (Å²) in [5, 5.41) is 31.1. The highest BCUT2D eigenvalue weighted by atomic mass is 19.3. The van der Waals surface area contributed by atoms with E-state index in [4.69, 9.17) is 0 Å². The van der Waals surface area contributed by atoms with Crippen LogP contribution in [0.2, 0.25) is 0 Å². The van der Waals surface area contributed by atoms with Crippen molar-refractivity contribution in [1.82, 2.24) is 106 Å². The molecule has 29 nitrogen and oxygen atoms in total. The van der Waals surface area contributed by atoms with Crippen LogP contribution in [0.1, 0.15) is 304 Å². The van der Waals surface area contributed by atoms with Crippen molar-refractivity contribution in [1.29, 1.82) is 0 Å². The van der Waals surface area contributed by atoms with Crippen LogP contribution < -0.4 is 37.2 Å².